The first-order chi connectivity index (χ1) is 7.76. The number of aryl methyl sites for hydroxylation is 1. The van der Waals surface area contributed by atoms with Crippen LogP contribution in [0, 0.1) is 0 Å². The van der Waals surface area contributed by atoms with Gasteiger partial charge >= 0.3 is 0 Å². The number of thioether (sulfide) groups is 1. The summed E-state index contributed by atoms with van der Waals surface area (Å²) < 4.78 is 22.7. The fourth-order valence-electron chi connectivity index (χ4n) is 1.47. The molecule has 0 heterocycles. The average molecular weight is 244 g/mol. The van der Waals surface area contributed by atoms with Gasteiger partial charge in [0.15, 0.2) is 0 Å². The highest BCUT2D eigenvalue weighted by molar-refractivity contribution is 7.99. The van der Waals surface area contributed by atoms with Crippen molar-refractivity contribution in [1.82, 2.24) is 0 Å². The van der Waals surface area contributed by atoms with Crippen LogP contribution in [0.25, 0.3) is 0 Å². The molecular formula is C12H17FO2S. The van der Waals surface area contributed by atoms with Crippen molar-refractivity contribution in [3.05, 3.63) is 17.7 Å². The molecule has 0 aliphatic rings. The van der Waals surface area contributed by atoms with E-state index in [1.54, 1.807) is 14.2 Å². The number of ether oxygens (including phenoxy) is 2. The molecule has 0 aliphatic heterocycles. The third-order valence-corrected chi connectivity index (χ3v) is 3.27. The molecule has 0 spiro atoms. The maximum atomic E-state index is 12.1. The van der Waals surface area contributed by atoms with Gasteiger partial charge in [-0.05, 0) is 24.1 Å². The largest absolute Gasteiger partial charge is 0.496 e. The van der Waals surface area contributed by atoms with Gasteiger partial charge < -0.3 is 9.47 Å². The lowest BCUT2D eigenvalue weighted by atomic mass is 10.1. The molecule has 0 aromatic heterocycles. The van der Waals surface area contributed by atoms with E-state index < -0.39 is 0 Å². The molecule has 0 aliphatic carbocycles. The Balaban J connectivity index is 3.05. The van der Waals surface area contributed by atoms with Gasteiger partial charge in [0.05, 0.1) is 25.8 Å². The zero-order valence-electron chi connectivity index (χ0n) is 9.88. The average Bonchev–Trinajstić information content (AvgIpc) is 2.35. The number of methoxy groups -OCH3 is 2. The smallest absolute Gasteiger partial charge is 0.132 e. The lowest BCUT2D eigenvalue weighted by Gasteiger charge is -2.13. The van der Waals surface area contributed by atoms with Crippen LogP contribution in [0.15, 0.2) is 17.0 Å². The van der Waals surface area contributed by atoms with E-state index in [0.717, 1.165) is 28.4 Å². The van der Waals surface area contributed by atoms with E-state index in [2.05, 4.69) is 6.92 Å². The minimum atomic E-state index is -0.342. The zero-order chi connectivity index (χ0) is 12.0. The Hall–Kier alpha value is -0.900. The number of halogens is 1. The maximum Gasteiger partial charge on any atom is 0.132 e. The molecular weight excluding hydrogens is 227 g/mol. The summed E-state index contributed by atoms with van der Waals surface area (Å²) in [6, 6.07) is 3.87. The maximum absolute atomic E-state index is 12.1. The molecule has 0 atom stereocenters. The molecule has 0 fully saturated rings. The van der Waals surface area contributed by atoms with Gasteiger partial charge in [-0.1, -0.05) is 6.92 Å². The van der Waals surface area contributed by atoms with Crippen LogP contribution >= 0.6 is 11.8 Å². The summed E-state index contributed by atoms with van der Waals surface area (Å²) >= 11 is 1.44. The molecule has 1 aromatic rings. The van der Waals surface area contributed by atoms with E-state index in [9.17, 15) is 4.39 Å². The highest BCUT2D eigenvalue weighted by Gasteiger charge is 2.10. The predicted octanol–water partition coefficient (Wildman–Crippen LogP) is 3.33. The summed E-state index contributed by atoms with van der Waals surface area (Å²) in [6.07, 6.45) is 0.883. The van der Waals surface area contributed by atoms with E-state index in [-0.39, 0.29) is 6.67 Å². The van der Waals surface area contributed by atoms with Gasteiger partial charge in [-0.3, -0.25) is 4.39 Å². The van der Waals surface area contributed by atoms with Crippen molar-refractivity contribution < 1.29 is 13.9 Å². The summed E-state index contributed by atoms with van der Waals surface area (Å²) in [6.45, 7) is 1.72. The van der Waals surface area contributed by atoms with E-state index in [0.29, 0.717) is 5.75 Å². The number of benzene rings is 1. The molecule has 4 heteroatoms. The van der Waals surface area contributed by atoms with Crippen molar-refractivity contribution in [3.8, 4) is 11.5 Å². The van der Waals surface area contributed by atoms with Crippen molar-refractivity contribution in [2.45, 2.75) is 18.2 Å². The quantitative estimate of drug-likeness (QED) is 0.715. The van der Waals surface area contributed by atoms with Gasteiger partial charge in [0.2, 0.25) is 0 Å². The van der Waals surface area contributed by atoms with E-state index in [1.165, 1.54) is 11.8 Å². The Morgan fingerprint density at radius 2 is 1.88 bits per heavy atom. The van der Waals surface area contributed by atoms with Gasteiger partial charge in [0.1, 0.15) is 11.5 Å². The van der Waals surface area contributed by atoms with Gasteiger partial charge in [-0.2, -0.15) is 0 Å². The van der Waals surface area contributed by atoms with Crippen LogP contribution in [0.2, 0.25) is 0 Å². The Morgan fingerprint density at radius 3 is 2.38 bits per heavy atom. The first-order valence-electron chi connectivity index (χ1n) is 5.20. The van der Waals surface area contributed by atoms with Crippen LogP contribution in [-0.2, 0) is 6.42 Å². The van der Waals surface area contributed by atoms with Crippen molar-refractivity contribution in [2.75, 3.05) is 26.6 Å². The van der Waals surface area contributed by atoms with Gasteiger partial charge in [-0.25, -0.2) is 0 Å². The second-order valence-corrected chi connectivity index (χ2v) is 4.34. The molecule has 1 aromatic carbocycles. The fourth-order valence-corrected chi connectivity index (χ4v) is 2.24. The third kappa shape index (κ3) is 3.04. The molecule has 90 valence electrons. The van der Waals surface area contributed by atoms with Crippen molar-refractivity contribution in [2.24, 2.45) is 0 Å². The molecule has 2 nitrogen and oxygen atoms in total. The number of hydrogen-bond acceptors (Lipinski definition) is 3. The van der Waals surface area contributed by atoms with Gasteiger partial charge in [0, 0.05) is 5.75 Å². The molecule has 1 rings (SSSR count). The SMILES string of the molecule is CCc1cc(OC)c(SCCF)cc1OC. The summed E-state index contributed by atoms with van der Waals surface area (Å²) in [5, 5.41) is 0. The van der Waals surface area contributed by atoms with E-state index in [1.807, 2.05) is 12.1 Å². The summed E-state index contributed by atoms with van der Waals surface area (Å²) in [4.78, 5) is 0.925. The monoisotopic (exact) mass is 244 g/mol. The van der Waals surface area contributed by atoms with Gasteiger partial charge in [-0.15, -0.1) is 11.8 Å². The zero-order valence-corrected chi connectivity index (χ0v) is 10.7. The highest BCUT2D eigenvalue weighted by atomic mass is 32.2. The first kappa shape index (κ1) is 13.2. The van der Waals surface area contributed by atoms with Crippen molar-refractivity contribution in [3.63, 3.8) is 0 Å². The van der Waals surface area contributed by atoms with Crippen LogP contribution < -0.4 is 9.47 Å². The second-order valence-electron chi connectivity index (χ2n) is 3.21. The number of rotatable bonds is 6. The van der Waals surface area contributed by atoms with Crippen molar-refractivity contribution in [1.29, 1.82) is 0 Å². The number of hydrogen-bond donors (Lipinski definition) is 0. The highest BCUT2D eigenvalue weighted by Crippen LogP contribution is 2.35. The Kier molecular flexibility index (Phi) is 5.46. The molecule has 0 N–H and O–H groups in total. The first-order valence-corrected chi connectivity index (χ1v) is 6.19. The fraction of sp³-hybridized carbons (Fsp3) is 0.500. The molecule has 16 heavy (non-hydrogen) atoms. The third-order valence-electron chi connectivity index (χ3n) is 2.28. The standard InChI is InChI=1S/C12H17FO2S/c1-4-9-7-11(15-3)12(16-6-5-13)8-10(9)14-2/h7-8H,4-6H2,1-3H3. The molecule has 0 unspecified atom stereocenters. The minimum Gasteiger partial charge on any atom is -0.496 e. The normalized spacial score (nSPS) is 10.2. The predicted molar refractivity (Wildman–Crippen MR) is 65.6 cm³/mol. The molecule has 0 saturated carbocycles. The minimum absolute atomic E-state index is 0.342. The van der Waals surface area contributed by atoms with Crippen LogP contribution in [0.1, 0.15) is 12.5 Å². The number of alkyl halides is 1. The molecule has 0 radical (unpaired) electrons. The Morgan fingerprint density at radius 1 is 1.19 bits per heavy atom. The second kappa shape index (κ2) is 6.63. The Bertz CT molecular complexity index is 342. The summed E-state index contributed by atoms with van der Waals surface area (Å²) in [5.74, 6) is 2.06. The van der Waals surface area contributed by atoms with Crippen LogP contribution in [0.5, 0.6) is 11.5 Å². The Labute approximate surface area is 100 Å². The molecule has 0 bridgehead atoms. The van der Waals surface area contributed by atoms with Crippen molar-refractivity contribution >= 4 is 11.8 Å². The van der Waals surface area contributed by atoms with Crippen LogP contribution in [-0.4, -0.2) is 26.6 Å². The van der Waals surface area contributed by atoms with Crippen LogP contribution in [0.4, 0.5) is 4.39 Å². The topological polar surface area (TPSA) is 18.5 Å². The summed E-state index contributed by atoms with van der Waals surface area (Å²) in [7, 11) is 3.27. The lowest BCUT2D eigenvalue weighted by molar-refractivity contribution is 0.390. The molecule has 0 amide bonds. The summed E-state index contributed by atoms with van der Waals surface area (Å²) in [5.41, 5.74) is 1.10. The van der Waals surface area contributed by atoms with Crippen LogP contribution in [0.3, 0.4) is 0 Å². The lowest BCUT2D eigenvalue weighted by Crippen LogP contribution is -1.95. The van der Waals surface area contributed by atoms with E-state index >= 15 is 0 Å². The van der Waals surface area contributed by atoms with E-state index in [4.69, 9.17) is 9.47 Å². The molecule has 0 saturated heterocycles. The van der Waals surface area contributed by atoms with Gasteiger partial charge in [0.25, 0.3) is 0 Å².